The molecule has 1 saturated heterocycles. The summed E-state index contributed by atoms with van der Waals surface area (Å²) in [4.78, 5) is 27.8. The summed E-state index contributed by atoms with van der Waals surface area (Å²) in [6, 6.07) is 23.7. The predicted octanol–water partition coefficient (Wildman–Crippen LogP) is 6.31. The monoisotopic (exact) mass is 500 g/mol. The van der Waals surface area contributed by atoms with Crippen LogP contribution in [0.2, 0.25) is 5.02 Å². The van der Waals surface area contributed by atoms with Crippen molar-refractivity contribution in [3.8, 4) is 5.75 Å². The first-order chi connectivity index (χ1) is 17.5. The molecule has 0 saturated carbocycles. The fraction of sp³-hybridized carbons (Fsp3) is 0.0714. The molecule has 36 heavy (non-hydrogen) atoms. The average molecular weight is 501 g/mol. The Hall–Kier alpha value is -4.49. The molecule has 0 bridgehead atoms. The number of para-hydroxylation sites is 1. The van der Waals surface area contributed by atoms with E-state index in [0.29, 0.717) is 17.2 Å². The first-order valence-electron chi connectivity index (χ1n) is 11.1. The third kappa shape index (κ3) is 4.21. The molecule has 3 aromatic carbocycles. The number of methoxy groups -OCH3 is 1. The Morgan fingerprint density at radius 3 is 2.33 bits per heavy atom. The highest BCUT2D eigenvalue weighted by atomic mass is 35.5. The zero-order valence-corrected chi connectivity index (χ0v) is 19.9. The second kappa shape index (κ2) is 9.64. The van der Waals surface area contributed by atoms with Crippen LogP contribution in [0.15, 0.2) is 101 Å². The van der Waals surface area contributed by atoms with E-state index in [1.54, 1.807) is 36.4 Å². The van der Waals surface area contributed by atoms with Gasteiger partial charge in [-0.25, -0.2) is 0 Å². The van der Waals surface area contributed by atoms with Gasteiger partial charge in [0.25, 0.3) is 11.7 Å². The van der Waals surface area contributed by atoms with Crippen molar-refractivity contribution in [3.63, 3.8) is 0 Å². The molecule has 180 valence electrons. The Bertz CT molecular complexity index is 1450. The van der Waals surface area contributed by atoms with Crippen molar-refractivity contribution in [2.24, 2.45) is 0 Å². The zero-order valence-electron chi connectivity index (χ0n) is 19.1. The Kier molecular flexibility index (Phi) is 6.23. The van der Waals surface area contributed by atoms with Crippen LogP contribution in [0, 0.1) is 0 Å². The first kappa shape index (κ1) is 23.3. The number of ether oxygens (including phenoxy) is 1. The topological polar surface area (TPSA) is 92.0 Å². The number of nitrogens with one attached hydrogen (secondary N) is 1. The van der Waals surface area contributed by atoms with Crippen LogP contribution in [-0.2, 0) is 9.59 Å². The molecule has 1 fully saturated rings. The van der Waals surface area contributed by atoms with Crippen LogP contribution in [-0.4, -0.2) is 23.9 Å². The number of ketones is 1. The molecule has 1 aromatic heterocycles. The van der Waals surface area contributed by atoms with Crippen molar-refractivity contribution in [2.45, 2.75) is 6.04 Å². The lowest BCUT2D eigenvalue weighted by molar-refractivity contribution is -0.132. The second-order valence-corrected chi connectivity index (χ2v) is 8.48. The average Bonchev–Trinajstić information content (AvgIpc) is 3.52. The van der Waals surface area contributed by atoms with Gasteiger partial charge in [0.2, 0.25) is 0 Å². The van der Waals surface area contributed by atoms with Gasteiger partial charge in [0.15, 0.2) is 0 Å². The van der Waals surface area contributed by atoms with E-state index in [4.69, 9.17) is 20.8 Å². The molecule has 1 aliphatic heterocycles. The maximum Gasteiger partial charge on any atom is 0.300 e. The lowest BCUT2D eigenvalue weighted by atomic mass is 9.99. The van der Waals surface area contributed by atoms with E-state index >= 15 is 0 Å². The summed E-state index contributed by atoms with van der Waals surface area (Å²) in [5.74, 6) is -1.21. The van der Waals surface area contributed by atoms with Gasteiger partial charge in [-0.2, -0.15) is 0 Å². The Balaban J connectivity index is 1.56. The predicted molar refractivity (Wildman–Crippen MR) is 138 cm³/mol. The number of Topliss-reactive ketones (excluding diaryl/α,β-unsaturated/α-hetero) is 1. The number of furan rings is 1. The largest absolute Gasteiger partial charge is 0.507 e. The summed E-state index contributed by atoms with van der Waals surface area (Å²) in [6.07, 6.45) is 1.45. The van der Waals surface area contributed by atoms with Gasteiger partial charge in [0.05, 0.1) is 24.0 Å². The number of anilines is 3. The van der Waals surface area contributed by atoms with E-state index in [0.717, 1.165) is 11.4 Å². The molecule has 0 spiro atoms. The van der Waals surface area contributed by atoms with Crippen LogP contribution in [0.4, 0.5) is 17.1 Å². The van der Waals surface area contributed by atoms with Gasteiger partial charge in [-0.3, -0.25) is 14.5 Å². The van der Waals surface area contributed by atoms with Crippen LogP contribution in [0.25, 0.3) is 5.76 Å². The van der Waals surface area contributed by atoms with Crippen LogP contribution in [0.3, 0.4) is 0 Å². The molecule has 0 aliphatic carbocycles. The number of nitrogens with zero attached hydrogens (tertiary/aromatic N) is 1. The Labute approximate surface area is 212 Å². The normalized spacial score (nSPS) is 16.8. The third-order valence-corrected chi connectivity index (χ3v) is 6.19. The number of hydrogen-bond acceptors (Lipinski definition) is 6. The smallest absolute Gasteiger partial charge is 0.300 e. The molecular weight excluding hydrogens is 480 g/mol. The number of benzene rings is 3. The zero-order chi connectivity index (χ0) is 25.2. The van der Waals surface area contributed by atoms with Crippen molar-refractivity contribution in [2.75, 3.05) is 17.3 Å². The van der Waals surface area contributed by atoms with E-state index in [1.165, 1.54) is 24.3 Å². The van der Waals surface area contributed by atoms with Gasteiger partial charge in [0, 0.05) is 22.6 Å². The molecule has 0 radical (unpaired) electrons. The van der Waals surface area contributed by atoms with Crippen LogP contribution < -0.4 is 15.0 Å². The summed E-state index contributed by atoms with van der Waals surface area (Å²) in [7, 11) is 1.48. The van der Waals surface area contributed by atoms with Gasteiger partial charge in [-0.15, -0.1) is 0 Å². The SMILES string of the molecule is COc1ccc(/C(O)=C2/C(=O)C(=O)N(c3ccc(Nc4ccccc4)cc3)C2c2ccco2)cc1Cl. The van der Waals surface area contributed by atoms with E-state index in [-0.39, 0.29) is 21.9 Å². The summed E-state index contributed by atoms with van der Waals surface area (Å²) >= 11 is 6.23. The van der Waals surface area contributed by atoms with Crippen LogP contribution in [0.1, 0.15) is 17.4 Å². The minimum Gasteiger partial charge on any atom is -0.507 e. The lowest BCUT2D eigenvalue weighted by Crippen LogP contribution is -2.29. The van der Waals surface area contributed by atoms with Crippen molar-refractivity contribution in [1.29, 1.82) is 0 Å². The maximum atomic E-state index is 13.2. The van der Waals surface area contributed by atoms with Gasteiger partial charge >= 0.3 is 0 Å². The van der Waals surface area contributed by atoms with E-state index < -0.39 is 17.7 Å². The van der Waals surface area contributed by atoms with Crippen molar-refractivity contribution in [1.82, 2.24) is 0 Å². The summed E-state index contributed by atoms with van der Waals surface area (Å²) in [5, 5.41) is 14.7. The van der Waals surface area contributed by atoms with Crippen LogP contribution in [0.5, 0.6) is 5.75 Å². The molecule has 8 heteroatoms. The van der Waals surface area contributed by atoms with Crippen molar-refractivity contribution < 1.29 is 23.8 Å². The third-order valence-electron chi connectivity index (χ3n) is 5.89. The molecule has 1 unspecified atom stereocenters. The molecule has 4 aromatic rings. The number of halogens is 1. The number of carbonyl (C=O) groups is 2. The highest BCUT2D eigenvalue weighted by molar-refractivity contribution is 6.51. The molecule has 2 N–H and O–H groups in total. The van der Waals surface area contributed by atoms with Crippen molar-refractivity contribution >= 4 is 46.1 Å². The highest BCUT2D eigenvalue weighted by Gasteiger charge is 2.48. The highest BCUT2D eigenvalue weighted by Crippen LogP contribution is 2.43. The molecule has 1 amide bonds. The Morgan fingerprint density at radius 1 is 0.972 bits per heavy atom. The van der Waals surface area contributed by atoms with Gasteiger partial charge in [-0.1, -0.05) is 29.8 Å². The quantitative estimate of drug-likeness (QED) is 0.183. The maximum absolute atomic E-state index is 13.2. The second-order valence-electron chi connectivity index (χ2n) is 8.07. The standard InChI is InChI=1S/C28H21ClN2O5/c1-35-22-14-9-17(16-21(22)29)26(32)24-25(23-8-5-15-36-23)31(28(34)27(24)33)20-12-10-19(11-13-20)30-18-6-3-2-4-7-18/h2-16,25,30,32H,1H3/b26-24-. The minimum absolute atomic E-state index is 0.0947. The van der Waals surface area contributed by atoms with E-state index in [2.05, 4.69) is 5.32 Å². The first-order valence-corrected chi connectivity index (χ1v) is 11.5. The minimum atomic E-state index is -0.964. The molecular formula is C28H21ClN2O5. The van der Waals surface area contributed by atoms with Crippen molar-refractivity contribution in [3.05, 3.63) is 113 Å². The molecule has 7 nitrogen and oxygen atoms in total. The Morgan fingerprint density at radius 2 is 1.69 bits per heavy atom. The fourth-order valence-corrected chi connectivity index (χ4v) is 4.44. The fourth-order valence-electron chi connectivity index (χ4n) is 4.18. The number of amides is 1. The van der Waals surface area contributed by atoms with E-state index in [9.17, 15) is 14.7 Å². The summed E-state index contributed by atoms with van der Waals surface area (Å²) < 4.78 is 10.8. The van der Waals surface area contributed by atoms with E-state index in [1.807, 2.05) is 42.5 Å². The summed E-state index contributed by atoms with van der Waals surface area (Å²) in [5.41, 5.74) is 2.38. The summed E-state index contributed by atoms with van der Waals surface area (Å²) in [6.45, 7) is 0. The lowest BCUT2D eigenvalue weighted by Gasteiger charge is -2.23. The van der Waals surface area contributed by atoms with Gasteiger partial charge in [-0.05, 0) is 66.7 Å². The van der Waals surface area contributed by atoms with Gasteiger partial charge in [0.1, 0.15) is 23.3 Å². The van der Waals surface area contributed by atoms with Crippen LogP contribution >= 0.6 is 11.6 Å². The number of rotatable bonds is 6. The number of hydrogen-bond donors (Lipinski definition) is 2. The number of aliphatic hydroxyl groups is 1. The molecule has 1 atom stereocenters. The number of carbonyl (C=O) groups excluding carboxylic acids is 2. The molecule has 2 heterocycles. The van der Waals surface area contributed by atoms with Gasteiger partial charge < -0.3 is 19.6 Å². The number of aliphatic hydroxyl groups excluding tert-OH is 1. The molecule has 1 aliphatic rings. The molecule has 5 rings (SSSR count).